The lowest BCUT2D eigenvalue weighted by Crippen LogP contribution is -2.55. The van der Waals surface area contributed by atoms with Gasteiger partial charge in [0, 0.05) is 12.1 Å². The molecule has 1 atom stereocenters. The van der Waals surface area contributed by atoms with E-state index >= 15 is 0 Å². The van der Waals surface area contributed by atoms with E-state index in [1.165, 1.54) is 17.0 Å². The van der Waals surface area contributed by atoms with Gasteiger partial charge in [-0.1, -0.05) is 73.7 Å². The van der Waals surface area contributed by atoms with Crippen molar-refractivity contribution in [3.63, 3.8) is 0 Å². The Kier molecular flexibility index (Phi) is 9.33. The van der Waals surface area contributed by atoms with E-state index in [-0.39, 0.29) is 17.3 Å². The Morgan fingerprint density at radius 1 is 0.868 bits per heavy atom. The zero-order valence-electron chi connectivity index (χ0n) is 22.7. The van der Waals surface area contributed by atoms with E-state index in [4.69, 9.17) is 0 Å². The van der Waals surface area contributed by atoms with Crippen LogP contribution in [-0.4, -0.2) is 43.3 Å². The number of carbonyl (C=O) groups is 2. The minimum Gasteiger partial charge on any atom is -0.350 e. The lowest BCUT2D eigenvalue weighted by atomic mass is 10.1. The number of nitrogens with zero attached hydrogens (tertiary/aromatic N) is 2. The van der Waals surface area contributed by atoms with Gasteiger partial charge in [0.05, 0.1) is 10.6 Å². The summed E-state index contributed by atoms with van der Waals surface area (Å²) in [6, 6.07) is 23.7. The molecule has 3 aromatic carbocycles. The summed E-state index contributed by atoms with van der Waals surface area (Å²) in [5.74, 6) is -0.745. The molecule has 8 heteroatoms. The minimum absolute atomic E-state index is 0.0863. The standard InChI is InChI=1S/C30H37N3O4S/c1-6-26(29(35)31-30(3,4)5)32(21-24-16-9-7-10-17-24)28(34)22-33(27-20-14-13-15-23(27)2)38(36,37)25-18-11-8-12-19-25/h7-20,26H,6,21-22H2,1-5H3,(H,31,35). The van der Waals surface area contributed by atoms with Crippen LogP contribution in [0.15, 0.2) is 89.8 Å². The minimum atomic E-state index is -4.07. The van der Waals surface area contributed by atoms with E-state index < -0.39 is 34.1 Å². The number of aryl methyl sites for hydroxylation is 1. The molecule has 1 unspecified atom stereocenters. The fourth-order valence-electron chi connectivity index (χ4n) is 4.23. The number of nitrogens with one attached hydrogen (secondary N) is 1. The maximum atomic E-state index is 14.0. The molecule has 0 aliphatic rings. The number of anilines is 1. The Bertz CT molecular complexity index is 1340. The highest BCUT2D eigenvalue weighted by molar-refractivity contribution is 7.92. The van der Waals surface area contributed by atoms with Crippen molar-refractivity contribution < 1.29 is 18.0 Å². The van der Waals surface area contributed by atoms with Crippen LogP contribution in [0, 0.1) is 6.92 Å². The van der Waals surface area contributed by atoms with Gasteiger partial charge in [-0.25, -0.2) is 8.42 Å². The van der Waals surface area contributed by atoms with Crippen molar-refractivity contribution in [1.82, 2.24) is 10.2 Å². The third-order valence-corrected chi connectivity index (χ3v) is 7.85. The van der Waals surface area contributed by atoms with Crippen molar-refractivity contribution >= 4 is 27.5 Å². The lowest BCUT2D eigenvalue weighted by Gasteiger charge is -2.35. The van der Waals surface area contributed by atoms with Gasteiger partial charge in [0.25, 0.3) is 10.0 Å². The molecule has 0 aromatic heterocycles. The van der Waals surface area contributed by atoms with Crippen LogP contribution in [0.4, 0.5) is 5.69 Å². The first-order chi connectivity index (χ1) is 17.9. The van der Waals surface area contributed by atoms with E-state index in [9.17, 15) is 18.0 Å². The van der Waals surface area contributed by atoms with Crippen molar-refractivity contribution in [3.05, 3.63) is 96.1 Å². The molecule has 0 heterocycles. The topological polar surface area (TPSA) is 86.8 Å². The summed E-state index contributed by atoms with van der Waals surface area (Å²) in [6.07, 6.45) is 0.371. The smallest absolute Gasteiger partial charge is 0.264 e. The zero-order chi connectivity index (χ0) is 27.9. The summed E-state index contributed by atoms with van der Waals surface area (Å²) in [5, 5.41) is 2.98. The van der Waals surface area contributed by atoms with Gasteiger partial charge < -0.3 is 10.2 Å². The first kappa shape index (κ1) is 28.9. The van der Waals surface area contributed by atoms with Crippen molar-refractivity contribution in [2.24, 2.45) is 0 Å². The lowest BCUT2D eigenvalue weighted by molar-refractivity contribution is -0.141. The van der Waals surface area contributed by atoms with Crippen LogP contribution < -0.4 is 9.62 Å². The number of para-hydroxylation sites is 1. The van der Waals surface area contributed by atoms with Gasteiger partial charge in [-0.05, 0) is 63.4 Å². The number of hydrogen-bond donors (Lipinski definition) is 1. The Morgan fingerprint density at radius 2 is 1.42 bits per heavy atom. The molecule has 1 N–H and O–H groups in total. The van der Waals surface area contributed by atoms with Crippen LogP contribution in [0.5, 0.6) is 0 Å². The monoisotopic (exact) mass is 535 g/mol. The molecule has 7 nitrogen and oxygen atoms in total. The van der Waals surface area contributed by atoms with Crippen LogP contribution in [0.2, 0.25) is 0 Å². The van der Waals surface area contributed by atoms with Crippen molar-refractivity contribution in [2.45, 2.75) is 64.1 Å². The highest BCUT2D eigenvalue weighted by Crippen LogP contribution is 2.27. The molecule has 3 rings (SSSR count). The normalized spacial score (nSPS) is 12.4. The molecule has 0 radical (unpaired) electrons. The highest BCUT2D eigenvalue weighted by Gasteiger charge is 2.34. The molecule has 0 fully saturated rings. The number of carbonyl (C=O) groups excluding carboxylic acids is 2. The highest BCUT2D eigenvalue weighted by atomic mass is 32.2. The first-order valence-corrected chi connectivity index (χ1v) is 14.2. The average Bonchev–Trinajstić information content (AvgIpc) is 2.87. The predicted molar refractivity (Wildman–Crippen MR) is 151 cm³/mol. The van der Waals surface area contributed by atoms with Crippen LogP contribution in [0.25, 0.3) is 0 Å². The van der Waals surface area contributed by atoms with Gasteiger partial charge in [-0.3, -0.25) is 13.9 Å². The Morgan fingerprint density at radius 3 is 1.97 bits per heavy atom. The predicted octanol–water partition coefficient (Wildman–Crippen LogP) is 4.91. The van der Waals surface area contributed by atoms with Crippen molar-refractivity contribution in [1.29, 1.82) is 0 Å². The van der Waals surface area contributed by atoms with Crippen LogP contribution >= 0.6 is 0 Å². The van der Waals surface area contributed by atoms with Gasteiger partial charge in [-0.2, -0.15) is 0 Å². The third-order valence-electron chi connectivity index (χ3n) is 6.07. The maximum Gasteiger partial charge on any atom is 0.264 e. The first-order valence-electron chi connectivity index (χ1n) is 12.7. The Hall–Kier alpha value is -3.65. The maximum absolute atomic E-state index is 14.0. The second-order valence-corrected chi connectivity index (χ2v) is 12.1. The number of hydrogen-bond acceptors (Lipinski definition) is 4. The molecule has 2 amide bonds. The number of amides is 2. The summed E-state index contributed by atoms with van der Waals surface area (Å²) in [4.78, 5) is 28.9. The molecule has 0 spiro atoms. The number of sulfonamides is 1. The Labute approximate surface area is 226 Å². The molecular formula is C30H37N3O4S. The van der Waals surface area contributed by atoms with Gasteiger partial charge in [0.15, 0.2) is 0 Å². The van der Waals surface area contributed by atoms with E-state index in [1.807, 2.05) is 64.1 Å². The molecule has 38 heavy (non-hydrogen) atoms. The SMILES string of the molecule is CCC(C(=O)NC(C)(C)C)N(Cc1ccccc1)C(=O)CN(c1ccccc1C)S(=O)(=O)c1ccccc1. The van der Waals surface area contributed by atoms with Gasteiger partial charge in [-0.15, -0.1) is 0 Å². The van der Waals surface area contributed by atoms with E-state index in [2.05, 4.69) is 5.32 Å². The molecule has 0 aliphatic carbocycles. The van der Waals surface area contributed by atoms with E-state index in [0.29, 0.717) is 17.7 Å². The summed E-state index contributed by atoms with van der Waals surface area (Å²) in [7, 11) is -4.07. The van der Waals surface area contributed by atoms with Crippen molar-refractivity contribution in [2.75, 3.05) is 10.8 Å². The van der Waals surface area contributed by atoms with Gasteiger partial charge in [0.2, 0.25) is 11.8 Å². The number of benzene rings is 3. The molecule has 0 bridgehead atoms. The summed E-state index contributed by atoms with van der Waals surface area (Å²) < 4.78 is 28.8. The quantitative estimate of drug-likeness (QED) is 0.400. The largest absolute Gasteiger partial charge is 0.350 e. The van der Waals surface area contributed by atoms with E-state index in [0.717, 1.165) is 9.87 Å². The molecule has 0 saturated heterocycles. The average molecular weight is 536 g/mol. The van der Waals surface area contributed by atoms with E-state index in [1.54, 1.807) is 43.3 Å². The fraction of sp³-hybridized carbons (Fsp3) is 0.333. The van der Waals surface area contributed by atoms with Crippen LogP contribution in [-0.2, 0) is 26.2 Å². The van der Waals surface area contributed by atoms with Crippen LogP contribution in [0.1, 0.15) is 45.2 Å². The third kappa shape index (κ3) is 7.22. The molecule has 0 aliphatic heterocycles. The fourth-order valence-corrected chi connectivity index (χ4v) is 5.73. The summed E-state index contributed by atoms with van der Waals surface area (Å²) in [6.45, 7) is 9.02. The molecular weight excluding hydrogens is 498 g/mol. The summed E-state index contributed by atoms with van der Waals surface area (Å²) in [5.41, 5.74) is 1.48. The molecule has 202 valence electrons. The van der Waals surface area contributed by atoms with Crippen molar-refractivity contribution in [3.8, 4) is 0 Å². The molecule has 3 aromatic rings. The molecule has 0 saturated carbocycles. The second kappa shape index (κ2) is 12.3. The van der Waals surface area contributed by atoms with Gasteiger partial charge in [0.1, 0.15) is 12.6 Å². The number of rotatable bonds is 10. The van der Waals surface area contributed by atoms with Gasteiger partial charge >= 0.3 is 0 Å². The van der Waals surface area contributed by atoms with Crippen LogP contribution in [0.3, 0.4) is 0 Å². The zero-order valence-corrected chi connectivity index (χ0v) is 23.5. The second-order valence-electron chi connectivity index (χ2n) is 10.3. The summed E-state index contributed by atoms with van der Waals surface area (Å²) >= 11 is 0. The Balaban J connectivity index is 2.06.